The van der Waals surface area contributed by atoms with Gasteiger partial charge in [0.15, 0.2) is 0 Å². The molecule has 1 aliphatic rings. The van der Waals surface area contributed by atoms with Gasteiger partial charge in [-0.05, 0) is 17.7 Å². The summed E-state index contributed by atoms with van der Waals surface area (Å²) in [6.45, 7) is 1.29. The molecule has 0 bridgehead atoms. The molecule has 0 saturated carbocycles. The lowest BCUT2D eigenvalue weighted by Gasteiger charge is -2.38. The summed E-state index contributed by atoms with van der Waals surface area (Å²) in [6, 6.07) is 6.18. The van der Waals surface area contributed by atoms with Crippen molar-refractivity contribution in [3.8, 4) is 16.3 Å². The zero-order valence-corrected chi connectivity index (χ0v) is 14.0. The van der Waals surface area contributed by atoms with Gasteiger partial charge in [-0.3, -0.25) is 9.48 Å². The van der Waals surface area contributed by atoms with Crippen LogP contribution >= 0.6 is 11.3 Å². The van der Waals surface area contributed by atoms with Crippen molar-refractivity contribution in [2.45, 2.75) is 12.6 Å². The number of nitrogens with zero attached hydrogens (tertiary/aromatic N) is 4. The van der Waals surface area contributed by atoms with Crippen molar-refractivity contribution in [3.05, 3.63) is 54.1 Å². The number of carbonyl (C=O) groups excluding carboxylic acids is 1. The number of rotatable bonds is 5. The Kier molecular flexibility index (Phi) is 4.19. The van der Waals surface area contributed by atoms with Gasteiger partial charge in [0.1, 0.15) is 18.5 Å². The van der Waals surface area contributed by atoms with Gasteiger partial charge in [0.2, 0.25) is 5.91 Å². The van der Waals surface area contributed by atoms with Crippen molar-refractivity contribution in [2.24, 2.45) is 0 Å². The molecule has 1 amide bonds. The standard InChI is InChI=1S/C17H15FN4O2S/c18-14-3-1-12(2-4-14)13-7-20-22(8-13)11-16(23)21-9-15(10-21)24-17-19-5-6-25-17/h1-8,15H,9-11H2. The summed E-state index contributed by atoms with van der Waals surface area (Å²) >= 11 is 1.44. The molecule has 0 atom stereocenters. The number of halogens is 1. The Morgan fingerprint density at radius 1 is 1.28 bits per heavy atom. The number of hydrogen-bond acceptors (Lipinski definition) is 5. The molecule has 1 fully saturated rings. The monoisotopic (exact) mass is 358 g/mol. The van der Waals surface area contributed by atoms with E-state index < -0.39 is 0 Å². The Hall–Kier alpha value is -2.74. The van der Waals surface area contributed by atoms with E-state index >= 15 is 0 Å². The second kappa shape index (κ2) is 6.64. The van der Waals surface area contributed by atoms with Crippen molar-refractivity contribution >= 4 is 17.2 Å². The average molecular weight is 358 g/mol. The molecule has 3 heterocycles. The van der Waals surface area contributed by atoms with Gasteiger partial charge in [-0.2, -0.15) is 5.10 Å². The minimum atomic E-state index is -0.279. The van der Waals surface area contributed by atoms with Crippen LogP contribution in [-0.2, 0) is 11.3 Å². The molecule has 1 aromatic carbocycles. The highest BCUT2D eigenvalue weighted by molar-refractivity contribution is 7.11. The Morgan fingerprint density at radius 2 is 2.08 bits per heavy atom. The van der Waals surface area contributed by atoms with Gasteiger partial charge >= 0.3 is 0 Å². The molecule has 3 aromatic rings. The molecule has 0 aliphatic carbocycles. The number of amides is 1. The summed E-state index contributed by atoms with van der Waals surface area (Å²) in [7, 11) is 0. The van der Waals surface area contributed by atoms with E-state index in [1.54, 1.807) is 40.3 Å². The molecule has 6 nitrogen and oxygen atoms in total. The second-order valence-corrected chi connectivity index (χ2v) is 6.63. The van der Waals surface area contributed by atoms with Crippen molar-refractivity contribution in [1.29, 1.82) is 0 Å². The van der Waals surface area contributed by atoms with E-state index in [4.69, 9.17) is 4.74 Å². The Morgan fingerprint density at radius 3 is 2.80 bits per heavy atom. The fourth-order valence-electron chi connectivity index (χ4n) is 2.61. The minimum absolute atomic E-state index is 0.00231. The average Bonchev–Trinajstić information content (AvgIpc) is 3.23. The van der Waals surface area contributed by atoms with Crippen molar-refractivity contribution in [1.82, 2.24) is 19.7 Å². The summed E-state index contributed by atoms with van der Waals surface area (Å²) in [5, 5.41) is 6.70. The lowest BCUT2D eigenvalue weighted by Crippen LogP contribution is -2.56. The third kappa shape index (κ3) is 3.53. The van der Waals surface area contributed by atoms with Crippen LogP contribution in [0.3, 0.4) is 0 Å². The highest BCUT2D eigenvalue weighted by atomic mass is 32.1. The molecule has 2 aromatic heterocycles. The van der Waals surface area contributed by atoms with Crippen LogP contribution in [0.5, 0.6) is 5.19 Å². The predicted octanol–water partition coefficient (Wildman–Crippen LogP) is 2.44. The maximum absolute atomic E-state index is 13.0. The Labute approximate surface area is 147 Å². The first-order valence-corrected chi connectivity index (χ1v) is 8.68. The fraction of sp³-hybridized carbons (Fsp3) is 0.235. The van der Waals surface area contributed by atoms with E-state index in [0.717, 1.165) is 11.1 Å². The zero-order valence-electron chi connectivity index (χ0n) is 13.2. The van der Waals surface area contributed by atoms with E-state index in [0.29, 0.717) is 18.3 Å². The topological polar surface area (TPSA) is 60.2 Å². The second-order valence-electron chi connectivity index (χ2n) is 5.77. The van der Waals surface area contributed by atoms with Crippen molar-refractivity contribution in [2.75, 3.05) is 13.1 Å². The summed E-state index contributed by atoms with van der Waals surface area (Å²) in [5.74, 6) is -0.286. The highest BCUT2D eigenvalue weighted by Gasteiger charge is 2.32. The van der Waals surface area contributed by atoms with Crippen LogP contribution < -0.4 is 4.74 Å². The molecular formula is C17H15FN4O2S. The highest BCUT2D eigenvalue weighted by Crippen LogP contribution is 2.21. The van der Waals surface area contributed by atoms with Crippen LogP contribution in [0.2, 0.25) is 0 Å². The molecular weight excluding hydrogens is 343 g/mol. The quantitative estimate of drug-likeness (QED) is 0.703. The van der Waals surface area contributed by atoms with Gasteiger partial charge in [0.05, 0.1) is 19.3 Å². The third-order valence-electron chi connectivity index (χ3n) is 3.99. The summed E-state index contributed by atoms with van der Waals surface area (Å²) in [4.78, 5) is 18.1. The first-order valence-electron chi connectivity index (χ1n) is 7.80. The summed E-state index contributed by atoms with van der Waals surface area (Å²) in [6.07, 6.45) is 5.15. The maximum Gasteiger partial charge on any atom is 0.273 e. The van der Waals surface area contributed by atoms with Crippen LogP contribution in [0.15, 0.2) is 48.2 Å². The molecule has 0 radical (unpaired) electrons. The SMILES string of the molecule is O=C(Cn1cc(-c2ccc(F)cc2)cn1)N1CC(Oc2nccs2)C1. The first kappa shape index (κ1) is 15.8. The minimum Gasteiger partial charge on any atom is -0.463 e. The largest absolute Gasteiger partial charge is 0.463 e. The summed E-state index contributed by atoms with van der Waals surface area (Å²) in [5.41, 5.74) is 1.71. The molecule has 1 saturated heterocycles. The number of hydrogen-bond donors (Lipinski definition) is 0. The van der Waals surface area contributed by atoms with Gasteiger partial charge in [-0.25, -0.2) is 9.37 Å². The molecule has 25 heavy (non-hydrogen) atoms. The molecule has 8 heteroatoms. The van der Waals surface area contributed by atoms with Crippen molar-refractivity contribution in [3.63, 3.8) is 0 Å². The number of aromatic nitrogens is 3. The van der Waals surface area contributed by atoms with Crippen LogP contribution in [0.4, 0.5) is 4.39 Å². The number of carbonyl (C=O) groups is 1. The first-order chi connectivity index (χ1) is 12.2. The zero-order chi connectivity index (χ0) is 17.2. The van der Waals surface area contributed by atoms with Gasteiger partial charge in [-0.1, -0.05) is 23.5 Å². The van der Waals surface area contributed by atoms with E-state index in [1.807, 2.05) is 5.38 Å². The smallest absolute Gasteiger partial charge is 0.273 e. The number of ether oxygens (including phenoxy) is 1. The van der Waals surface area contributed by atoms with Gasteiger partial charge < -0.3 is 9.64 Å². The van der Waals surface area contributed by atoms with Crippen LogP contribution in [0.25, 0.3) is 11.1 Å². The normalized spacial score (nSPS) is 14.4. The van der Waals surface area contributed by atoms with Crippen molar-refractivity contribution < 1.29 is 13.9 Å². The maximum atomic E-state index is 13.0. The van der Waals surface area contributed by atoms with Crippen LogP contribution in [-0.4, -0.2) is 44.8 Å². The number of likely N-dealkylation sites (tertiary alicyclic amines) is 1. The lowest BCUT2D eigenvalue weighted by molar-refractivity contribution is -0.140. The molecule has 1 aliphatic heterocycles. The predicted molar refractivity (Wildman–Crippen MR) is 90.7 cm³/mol. The summed E-state index contributed by atoms with van der Waals surface area (Å²) < 4.78 is 20.2. The molecule has 0 N–H and O–H groups in total. The molecule has 4 rings (SSSR count). The number of benzene rings is 1. The van der Waals surface area contributed by atoms with E-state index in [9.17, 15) is 9.18 Å². The van der Waals surface area contributed by atoms with Gasteiger partial charge in [0, 0.05) is 23.3 Å². The molecule has 0 unspecified atom stereocenters. The fourth-order valence-corrected chi connectivity index (χ4v) is 3.16. The van der Waals surface area contributed by atoms with Gasteiger partial charge in [-0.15, -0.1) is 0 Å². The Balaban J connectivity index is 1.31. The lowest BCUT2D eigenvalue weighted by atomic mass is 10.1. The van der Waals surface area contributed by atoms with E-state index in [2.05, 4.69) is 10.1 Å². The van der Waals surface area contributed by atoms with E-state index in [1.165, 1.54) is 23.5 Å². The number of thiazole rings is 1. The molecule has 128 valence electrons. The van der Waals surface area contributed by atoms with Crippen LogP contribution in [0.1, 0.15) is 0 Å². The molecule has 0 spiro atoms. The Bertz CT molecular complexity index is 857. The van der Waals surface area contributed by atoms with Gasteiger partial charge in [0.25, 0.3) is 5.19 Å². The van der Waals surface area contributed by atoms with Crippen LogP contribution in [0, 0.1) is 5.82 Å². The van der Waals surface area contributed by atoms with E-state index in [-0.39, 0.29) is 24.4 Å². The third-order valence-corrected chi connectivity index (χ3v) is 4.65.